The summed E-state index contributed by atoms with van der Waals surface area (Å²) in [6.45, 7) is 1.90. The quantitative estimate of drug-likeness (QED) is 0.0822. The molecule has 1 unspecified atom stereocenters. The fraction of sp³-hybridized carbons (Fsp3) is 0.591. The summed E-state index contributed by atoms with van der Waals surface area (Å²) in [4.78, 5) is 45.0. The van der Waals surface area contributed by atoms with Gasteiger partial charge in [-0.25, -0.2) is 28.1 Å². The zero-order valence-corrected chi connectivity index (χ0v) is 34.2. The molecule has 1 saturated heterocycles. The number of pyridine rings is 1. The summed E-state index contributed by atoms with van der Waals surface area (Å²) >= 11 is 0. The molecule has 4 heterocycles. The van der Waals surface area contributed by atoms with Gasteiger partial charge in [0.25, 0.3) is 5.91 Å². The number of nitrogens with one attached hydrogen (secondary N) is 2. The Bertz CT molecular complexity index is 2130. The van der Waals surface area contributed by atoms with Gasteiger partial charge in [-0.2, -0.15) is 0 Å². The average Bonchev–Trinajstić information content (AvgIpc) is 3.61. The number of imidazole rings is 1. The van der Waals surface area contributed by atoms with Crippen LogP contribution in [0.25, 0.3) is 22.4 Å². The molecule has 4 bridgehead atoms. The summed E-state index contributed by atoms with van der Waals surface area (Å²) in [5.41, 5.74) is 15.3. The van der Waals surface area contributed by atoms with Gasteiger partial charge in [0.05, 0.1) is 30.5 Å². The fourth-order valence-electron chi connectivity index (χ4n) is 11.0. The van der Waals surface area contributed by atoms with E-state index in [0.29, 0.717) is 61.3 Å². The van der Waals surface area contributed by atoms with Gasteiger partial charge in [0.1, 0.15) is 11.8 Å². The molecule has 1 atom stereocenters. The molecular weight excluding hydrogens is 774 g/mol. The number of unbranched alkanes of at least 4 members (excludes halogenated alkanes) is 3. The van der Waals surface area contributed by atoms with E-state index in [0.717, 1.165) is 54.7 Å². The van der Waals surface area contributed by atoms with E-state index in [9.17, 15) is 18.4 Å². The van der Waals surface area contributed by atoms with Gasteiger partial charge in [-0.3, -0.25) is 14.6 Å². The highest BCUT2D eigenvalue weighted by molar-refractivity contribution is 5.81. The highest BCUT2D eigenvalue weighted by Crippen LogP contribution is 2.61. The first-order valence-electron chi connectivity index (χ1n) is 21.6. The summed E-state index contributed by atoms with van der Waals surface area (Å²) < 4.78 is 49.5. The predicted octanol–water partition coefficient (Wildman–Crippen LogP) is 6.39. The molecule has 9 rings (SSSR count). The Balaban J connectivity index is 0.830. The van der Waals surface area contributed by atoms with Crippen molar-refractivity contribution in [2.75, 3.05) is 43.4 Å². The minimum absolute atomic E-state index is 0.0935. The van der Waals surface area contributed by atoms with Gasteiger partial charge in [0.15, 0.2) is 29.6 Å². The van der Waals surface area contributed by atoms with E-state index >= 15 is 4.39 Å². The monoisotopic (exact) mass is 830 g/mol. The van der Waals surface area contributed by atoms with Crippen LogP contribution in [0.4, 0.5) is 24.7 Å². The zero-order chi connectivity index (χ0) is 41.9. The Hall–Kier alpha value is -4.99. The summed E-state index contributed by atoms with van der Waals surface area (Å²) in [5, 5.41) is 6.01. The molecular formula is C44H57F3N10O3. The second-order valence-corrected chi connectivity index (χ2v) is 18.1. The van der Waals surface area contributed by atoms with E-state index in [4.69, 9.17) is 21.2 Å². The molecule has 1 aromatic carbocycles. The van der Waals surface area contributed by atoms with E-state index in [-0.39, 0.29) is 48.5 Å². The van der Waals surface area contributed by atoms with Crippen molar-refractivity contribution in [2.24, 2.45) is 28.9 Å². The molecule has 0 radical (unpaired) electrons. The number of nitrogens with zero attached hydrogens (tertiary/aromatic N) is 6. The Morgan fingerprint density at radius 1 is 0.933 bits per heavy atom. The number of ether oxygens (including phenoxy) is 1. The van der Waals surface area contributed by atoms with Crippen molar-refractivity contribution >= 4 is 34.5 Å². The van der Waals surface area contributed by atoms with Crippen molar-refractivity contribution in [3.05, 3.63) is 54.5 Å². The number of nitrogens with two attached hydrogens (primary N) is 2. The van der Waals surface area contributed by atoms with Crippen LogP contribution in [-0.4, -0.2) is 81.1 Å². The maximum absolute atomic E-state index is 15.0. The lowest BCUT2D eigenvalue weighted by Gasteiger charge is -2.56. The largest absolute Gasteiger partial charge is 0.481 e. The molecule has 60 heavy (non-hydrogen) atoms. The van der Waals surface area contributed by atoms with Crippen molar-refractivity contribution in [2.45, 2.75) is 108 Å². The third kappa shape index (κ3) is 9.79. The number of carbonyl (C=O) groups is 2. The Labute approximate surface area is 348 Å². The second-order valence-electron chi connectivity index (χ2n) is 18.1. The number of benzene rings is 1. The Morgan fingerprint density at radius 3 is 2.37 bits per heavy atom. The first-order valence-corrected chi connectivity index (χ1v) is 21.6. The molecule has 16 heteroatoms. The first kappa shape index (κ1) is 41.7. The number of carbonyl (C=O) groups excluding carboxylic acids is 2. The summed E-state index contributed by atoms with van der Waals surface area (Å²) in [7, 11) is 0. The number of nitrogen functional groups attached to an aromatic ring is 1. The van der Waals surface area contributed by atoms with Crippen LogP contribution in [0.15, 0.2) is 43.1 Å². The molecule has 6 N–H and O–H groups in total. The van der Waals surface area contributed by atoms with Crippen molar-refractivity contribution < 1.29 is 27.5 Å². The van der Waals surface area contributed by atoms with Crippen LogP contribution in [0.2, 0.25) is 0 Å². The lowest BCUT2D eigenvalue weighted by Crippen LogP contribution is -2.55. The van der Waals surface area contributed by atoms with Gasteiger partial charge in [0, 0.05) is 50.1 Å². The first-order chi connectivity index (χ1) is 28.9. The highest BCUT2D eigenvalue weighted by atomic mass is 19.3. The minimum atomic E-state index is -2.53. The molecule has 1 aliphatic heterocycles. The van der Waals surface area contributed by atoms with Crippen LogP contribution < -0.4 is 31.7 Å². The maximum Gasteiger partial charge on any atom is 0.257 e. The van der Waals surface area contributed by atoms with Gasteiger partial charge in [-0.15, -0.1) is 0 Å². The number of hydrogen-bond acceptors (Lipinski definition) is 10. The van der Waals surface area contributed by atoms with Crippen LogP contribution in [0.1, 0.15) is 95.5 Å². The zero-order valence-electron chi connectivity index (χ0n) is 34.2. The van der Waals surface area contributed by atoms with E-state index < -0.39 is 24.2 Å². The van der Waals surface area contributed by atoms with Crippen molar-refractivity contribution in [1.82, 2.24) is 35.1 Å². The predicted molar refractivity (Wildman–Crippen MR) is 223 cm³/mol. The standard InChI is InChI=1S/C44H57F3N10O3/c45-33-7-6-31(16-36(33)60-24-39(59)51-10-4-2-1-3-9-50-38(58)21-43-17-28-12-29(18-43)14-30(13-28)19-43)34-15-32(23-57-27-55-40-41(48)53-26-54-42(40)57)35(22-52-34)56-11-5-8-44(49,25-56)20-37(46)47/h6-7,15-16,22,26-30,37H,1-5,8-14,17-21,23-25,49H2,(H,50,58)(H,51,59)(H2,48,53,54). The number of hydrogen-bond donors (Lipinski definition) is 4. The Morgan fingerprint density at radius 2 is 1.65 bits per heavy atom. The lowest BCUT2D eigenvalue weighted by molar-refractivity contribution is -0.129. The number of aromatic nitrogens is 5. The molecule has 4 aliphatic carbocycles. The van der Waals surface area contributed by atoms with E-state index in [1.165, 1.54) is 57.0 Å². The number of fused-ring (bicyclic) bond motifs is 1. The third-order valence-corrected chi connectivity index (χ3v) is 13.3. The van der Waals surface area contributed by atoms with Crippen molar-refractivity contribution in [1.29, 1.82) is 0 Å². The summed E-state index contributed by atoms with van der Waals surface area (Å²) in [6.07, 6.45) is 14.9. The topological polar surface area (TPSA) is 179 Å². The maximum atomic E-state index is 15.0. The van der Waals surface area contributed by atoms with Crippen LogP contribution in [0.3, 0.4) is 0 Å². The van der Waals surface area contributed by atoms with E-state index in [1.54, 1.807) is 18.6 Å². The number of amides is 2. The normalized spacial score (nSPS) is 24.6. The van der Waals surface area contributed by atoms with E-state index in [1.807, 2.05) is 15.5 Å². The van der Waals surface area contributed by atoms with Gasteiger partial charge in [-0.05, 0) is 117 Å². The van der Waals surface area contributed by atoms with Gasteiger partial charge >= 0.3 is 0 Å². The SMILES string of the molecule is Nc1ncnc2c1ncn2Cc1cc(-c2ccc(F)c(OCC(=O)NCCCCCCNC(=O)CC34CC5CC(CC(C5)C3)C4)c2)ncc1N1CCCC(N)(CC(F)F)C1. The third-order valence-electron chi connectivity index (χ3n) is 13.3. The van der Waals surface area contributed by atoms with Crippen LogP contribution in [0, 0.1) is 29.0 Å². The Kier molecular flexibility index (Phi) is 12.5. The van der Waals surface area contributed by atoms with Crippen LogP contribution >= 0.6 is 0 Å². The fourth-order valence-corrected chi connectivity index (χ4v) is 11.0. The molecule has 3 aromatic heterocycles. The molecule has 5 fully saturated rings. The molecule has 13 nitrogen and oxygen atoms in total. The second kappa shape index (κ2) is 17.9. The highest BCUT2D eigenvalue weighted by Gasteiger charge is 2.51. The summed E-state index contributed by atoms with van der Waals surface area (Å²) in [5.74, 6) is 1.90. The smallest absolute Gasteiger partial charge is 0.257 e. The number of alkyl halides is 2. The average molecular weight is 831 g/mol. The minimum Gasteiger partial charge on any atom is -0.481 e. The van der Waals surface area contributed by atoms with Gasteiger partial charge in [-0.1, -0.05) is 12.8 Å². The van der Waals surface area contributed by atoms with E-state index in [2.05, 4.69) is 25.6 Å². The number of piperidine rings is 1. The van der Waals surface area contributed by atoms with Crippen molar-refractivity contribution in [3.8, 4) is 17.0 Å². The number of anilines is 2. The van der Waals surface area contributed by atoms with Gasteiger partial charge in [0.2, 0.25) is 12.3 Å². The number of halogens is 3. The van der Waals surface area contributed by atoms with Crippen LogP contribution in [0.5, 0.6) is 5.75 Å². The molecule has 0 spiro atoms. The summed E-state index contributed by atoms with van der Waals surface area (Å²) in [6, 6.07) is 6.21. The molecule has 4 saturated carbocycles. The molecule has 2 amide bonds. The molecule has 5 aliphatic rings. The lowest BCUT2D eigenvalue weighted by atomic mass is 9.49. The van der Waals surface area contributed by atoms with Crippen molar-refractivity contribution in [3.63, 3.8) is 0 Å². The van der Waals surface area contributed by atoms with Gasteiger partial charge < -0.3 is 36.3 Å². The molecule has 4 aromatic rings. The van der Waals surface area contributed by atoms with Crippen LogP contribution in [-0.2, 0) is 16.1 Å². The number of rotatable bonds is 18. The molecule has 322 valence electrons.